The van der Waals surface area contributed by atoms with E-state index in [1.807, 2.05) is 0 Å². The van der Waals surface area contributed by atoms with Crippen LogP contribution < -0.4 is 11.1 Å². The summed E-state index contributed by atoms with van der Waals surface area (Å²) in [6, 6.07) is 13.5. The van der Waals surface area contributed by atoms with Crippen molar-refractivity contribution in [2.45, 2.75) is 0 Å². The fourth-order valence-electron chi connectivity index (χ4n) is 1.77. The van der Waals surface area contributed by atoms with Crippen molar-refractivity contribution in [3.05, 3.63) is 70.7 Å². The normalized spacial score (nSPS) is 10.5. The highest BCUT2D eigenvalue weighted by atomic mass is 27.0. The zero-order valence-electron chi connectivity index (χ0n) is 11.2. The number of rotatable bonds is 4. The van der Waals surface area contributed by atoms with Gasteiger partial charge in [-0.05, 0) is 30.3 Å². The first-order valence-corrected chi connectivity index (χ1v) is 6.97. The summed E-state index contributed by atoms with van der Waals surface area (Å²) in [5.74, 6) is -0.377. The number of nitrogens with one attached hydrogen (secondary N) is 1. The van der Waals surface area contributed by atoms with E-state index in [0.717, 1.165) is 0 Å². The van der Waals surface area contributed by atoms with Crippen LogP contribution in [0.3, 0.4) is 0 Å². The van der Waals surface area contributed by atoms with Gasteiger partial charge >= 0.3 is 0 Å². The number of carbonyl (C=O) groups is 2. The first-order valence-electron chi connectivity index (χ1n) is 6.30. The Labute approximate surface area is 131 Å². The predicted molar refractivity (Wildman–Crippen MR) is 84.5 cm³/mol. The largest absolute Gasteiger partial charge is 0.397 e. The molecule has 0 unspecified atom stereocenters. The van der Waals surface area contributed by atoms with E-state index in [4.69, 9.17) is 5.73 Å². The van der Waals surface area contributed by atoms with Crippen LogP contribution in [0.5, 0.6) is 0 Å². The quantitative estimate of drug-likeness (QED) is 0.393. The average Bonchev–Trinajstić information content (AvgIpc) is 2.50. The van der Waals surface area contributed by atoms with Gasteiger partial charge in [0.25, 0.3) is 5.91 Å². The van der Waals surface area contributed by atoms with E-state index in [9.17, 15) is 9.59 Å². The number of nitrogens with two attached hydrogens (primary N) is 1. The molecule has 0 atom stereocenters. The number of benzene rings is 2. The lowest BCUT2D eigenvalue weighted by molar-refractivity contribution is 0.102. The minimum absolute atomic E-state index is 0.107. The fourth-order valence-corrected chi connectivity index (χ4v) is 1.95. The molecule has 21 heavy (non-hydrogen) atoms. The Morgan fingerprint density at radius 2 is 1.62 bits per heavy atom. The van der Waals surface area contributed by atoms with E-state index in [2.05, 4.69) is 21.6 Å². The number of hydrogen-bond acceptors (Lipinski definition) is 3. The van der Waals surface area contributed by atoms with Crippen LogP contribution >= 0.6 is 0 Å². The highest BCUT2D eigenvalue weighted by Crippen LogP contribution is 2.18. The molecule has 0 fully saturated rings. The lowest BCUT2D eigenvalue weighted by atomic mass is 10.1. The Balaban J connectivity index is 2.14. The molecule has 2 aromatic rings. The Kier molecular flexibility index (Phi) is 4.94. The lowest BCUT2D eigenvalue weighted by Crippen LogP contribution is -2.13. The van der Waals surface area contributed by atoms with Crippen molar-refractivity contribution in [2.75, 3.05) is 11.1 Å². The average molecular weight is 292 g/mol. The van der Waals surface area contributed by atoms with Crippen LogP contribution in [0.1, 0.15) is 20.7 Å². The number of ketones is 1. The number of anilines is 2. The molecule has 2 radical (unpaired) electrons. The smallest absolute Gasteiger partial charge is 0.255 e. The number of carbonyl (C=O) groups excluding carboxylic acids is 2. The second-order valence-corrected chi connectivity index (χ2v) is 4.73. The van der Waals surface area contributed by atoms with E-state index in [-0.39, 0.29) is 11.7 Å². The zero-order chi connectivity index (χ0) is 15.2. The van der Waals surface area contributed by atoms with Gasteiger partial charge in [0.2, 0.25) is 0 Å². The van der Waals surface area contributed by atoms with Crippen LogP contribution in [0.4, 0.5) is 11.4 Å². The number of para-hydroxylation sites is 2. The Morgan fingerprint density at radius 3 is 2.24 bits per heavy atom. The van der Waals surface area contributed by atoms with Gasteiger partial charge in [0.05, 0.1) is 11.4 Å². The van der Waals surface area contributed by atoms with Crippen molar-refractivity contribution >= 4 is 39.4 Å². The van der Waals surface area contributed by atoms with Crippen molar-refractivity contribution < 1.29 is 9.59 Å². The zero-order valence-corrected chi connectivity index (χ0v) is 12.4. The van der Waals surface area contributed by atoms with Gasteiger partial charge in [-0.25, -0.2) is 0 Å². The molecule has 102 valence electrons. The third kappa shape index (κ3) is 3.82. The van der Waals surface area contributed by atoms with Gasteiger partial charge in [0.1, 0.15) is 0 Å². The molecule has 0 aromatic heterocycles. The monoisotopic (exact) mass is 292 g/mol. The Bertz CT molecular complexity index is 694. The molecule has 0 bridgehead atoms. The summed E-state index contributed by atoms with van der Waals surface area (Å²) in [4.78, 5) is 25.3. The van der Waals surface area contributed by atoms with E-state index in [0.29, 0.717) is 22.5 Å². The van der Waals surface area contributed by atoms with Gasteiger partial charge in [-0.2, -0.15) is 4.94 Å². The number of hydrogen-bond donors (Lipinski definition) is 2. The molecule has 0 saturated heterocycles. The van der Waals surface area contributed by atoms with Crippen LogP contribution in [-0.4, -0.2) is 28.0 Å². The summed E-state index contributed by atoms with van der Waals surface area (Å²) < 4.78 is 0. The molecule has 0 heterocycles. The summed E-state index contributed by atoms with van der Waals surface area (Å²) in [6.45, 7) is 0. The second kappa shape index (κ2) is 6.89. The van der Waals surface area contributed by atoms with Gasteiger partial charge in [-0.15, -0.1) is 0 Å². The first kappa shape index (κ1) is 15.0. The molecule has 0 aliphatic heterocycles. The lowest BCUT2D eigenvalue weighted by Gasteiger charge is -2.08. The van der Waals surface area contributed by atoms with E-state index in [1.165, 1.54) is 6.08 Å². The molecule has 3 N–H and O–H groups in total. The van der Waals surface area contributed by atoms with Gasteiger partial charge in [-0.3, -0.25) is 9.59 Å². The van der Waals surface area contributed by atoms with Gasteiger partial charge < -0.3 is 11.1 Å². The third-order valence-corrected chi connectivity index (χ3v) is 3.08. The minimum atomic E-state index is -0.270. The fraction of sp³-hybridized carbons (Fsp3) is 0. The van der Waals surface area contributed by atoms with Crippen LogP contribution in [0.2, 0.25) is 0 Å². The van der Waals surface area contributed by atoms with E-state index in [1.54, 1.807) is 53.5 Å². The van der Waals surface area contributed by atoms with Crippen molar-refractivity contribution in [1.82, 2.24) is 0 Å². The molecular formula is C16H13AlN2O2. The molecule has 0 saturated carbocycles. The molecule has 0 spiro atoms. The van der Waals surface area contributed by atoms with Gasteiger partial charge in [0.15, 0.2) is 22.1 Å². The van der Waals surface area contributed by atoms with Crippen LogP contribution in [0, 0.1) is 0 Å². The summed E-state index contributed by atoms with van der Waals surface area (Å²) in [5, 5.41) is 2.73. The SMILES string of the molecule is Nc1ccccc1NC(=O)c1ccc(C(=O)/C=[CH]/[Al])cc1. The van der Waals surface area contributed by atoms with Crippen molar-refractivity contribution in [1.29, 1.82) is 0 Å². The predicted octanol–water partition coefficient (Wildman–Crippen LogP) is 2.39. The summed E-state index contributed by atoms with van der Waals surface area (Å²) >= 11 is 2.35. The highest BCUT2D eigenvalue weighted by Gasteiger charge is 2.08. The highest BCUT2D eigenvalue weighted by molar-refractivity contribution is 6.20. The summed E-state index contributed by atoms with van der Waals surface area (Å²) in [6.07, 6.45) is 1.45. The van der Waals surface area contributed by atoms with Gasteiger partial charge in [-0.1, -0.05) is 24.3 Å². The summed E-state index contributed by atoms with van der Waals surface area (Å²) in [7, 11) is 0. The molecule has 0 aliphatic rings. The minimum Gasteiger partial charge on any atom is -0.397 e. The maximum Gasteiger partial charge on any atom is 0.255 e. The molecule has 1 amide bonds. The van der Waals surface area contributed by atoms with Crippen molar-refractivity contribution in [2.24, 2.45) is 0 Å². The molecule has 0 aliphatic carbocycles. The van der Waals surface area contributed by atoms with E-state index >= 15 is 0 Å². The van der Waals surface area contributed by atoms with E-state index < -0.39 is 0 Å². The topological polar surface area (TPSA) is 72.2 Å². The van der Waals surface area contributed by atoms with Crippen LogP contribution in [0.15, 0.2) is 59.5 Å². The Morgan fingerprint density at radius 1 is 1.00 bits per heavy atom. The number of amides is 1. The van der Waals surface area contributed by atoms with Crippen molar-refractivity contribution in [3.8, 4) is 0 Å². The molecule has 2 rings (SSSR count). The maximum absolute atomic E-state index is 12.1. The van der Waals surface area contributed by atoms with Gasteiger partial charge in [0, 0.05) is 11.1 Å². The van der Waals surface area contributed by atoms with Crippen LogP contribution in [0.25, 0.3) is 0 Å². The summed E-state index contributed by atoms with van der Waals surface area (Å²) in [5.41, 5.74) is 7.84. The number of allylic oxidation sites excluding steroid dienone is 1. The molecular weight excluding hydrogens is 279 g/mol. The molecule has 4 nitrogen and oxygen atoms in total. The molecule has 5 heteroatoms. The Hall–Kier alpha value is -2.35. The second-order valence-electron chi connectivity index (χ2n) is 4.34. The maximum atomic E-state index is 12.1. The molecule has 2 aromatic carbocycles. The third-order valence-electron chi connectivity index (χ3n) is 2.89. The van der Waals surface area contributed by atoms with Crippen LogP contribution in [-0.2, 0) is 0 Å². The first-order chi connectivity index (χ1) is 10.1. The van der Waals surface area contributed by atoms with Crippen molar-refractivity contribution in [3.63, 3.8) is 0 Å². The number of nitrogen functional groups attached to an aromatic ring is 1. The standard InChI is InChI=1S/C16H13N2O2.Al/c1-2-15(19)11-7-9-12(10-8-11)16(20)18-14-6-4-3-5-13(14)17;/h1-10H,17H2,(H,18,20);.